The third-order valence-electron chi connectivity index (χ3n) is 4.10. The van der Waals surface area contributed by atoms with E-state index in [0.717, 1.165) is 12.1 Å². The maximum atomic E-state index is 12.9. The van der Waals surface area contributed by atoms with Crippen molar-refractivity contribution in [3.05, 3.63) is 68.9 Å². The predicted octanol–water partition coefficient (Wildman–Crippen LogP) is 3.00. The molecule has 10 nitrogen and oxygen atoms in total. The molecule has 1 aromatic heterocycles. The lowest BCUT2D eigenvalue weighted by Gasteiger charge is -2.14. The minimum atomic E-state index is -4.24. The van der Waals surface area contributed by atoms with Crippen LogP contribution < -0.4 is 10.5 Å². The Morgan fingerprint density at radius 1 is 1.34 bits per heavy atom. The standard InChI is InChI=1S/C17H13ClN6O4S/c1-10-13(18)6-12(7-16(10)24(25)26)29(27,28)22-14-4-2-3-5-15(14)23-17(20)11(8-19)9-21-23/h2-7,9,22H,20H2,1H3. The molecular weight excluding hydrogens is 420 g/mol. The van der Waals surface area contributed by atoms with Gasteiger partial charge in [-0.1, -0.05) is 23.7 Å². The van der Waals surface area contributed by atoms with Crippen LogP contribution in [0.1, 0.15) is 11.1 Å². The number of nitro groups is 1. The molecule has 0 radical (unpaired) electrons. The number of benzene rings is 2. The largest absolute Gasteiger partial charge is 0.382 e. The maximum absolute atomic E-state index is 12.9. The number of sulfonamides is 1. The topological polar surface area (TPSA) is 157 Å². The molecule has 148 valence electrons. The first-order valence-corrected chi connectivity index (χ1v) is 9.82. The molecule has 0 aliphatic rings. The molecule has 3 N–H and O–H groups in total. The number of rotatable bonds is 5. The molecule has 3 aromatic rings. The molecule has 0 saturated carbocycles. The summed E-state index contributed by atoms with van der Waals surface area (Å²) in [4.78, 5) is 10.1. The summed E-state index contributed by atoms with van der Waals surface area (Å²) >= 11 is 5.98. The van der Waals surface area contributed by atoms with E-state index in [1.165, 1.54) is 23.9 Å². The van der Waals surface area contributed by atoms with Gasteiger partial charge in [-0.2, -0.15) is 10.4 Å². The second kappa shape index (κ2) is 7.42. The van der Waals surface area contributed by atoms with Crippen molar-refractivity contribution in [1.82, 2.24) is 9.78 Å². The van der Waals surface area contributed by atoms with Gasteiger partial charge in [0.25, 0.3) is 15.7 Å². The fourth-order valence-electron chi connectivity index (χ4n) is 2.57. The number of hydrogen-bond donors (Lipinski definition) is 2. The number of anilines is 2. The van der Waals surface area contributed by atoms with Crippen LogP contribution in [0.25, 0.3) is 5.69 Å². The maximum Gasteiger partial charge on any atom is 0.275 e. The number of nitrogens with zero attached hydrogens (tertiary/aromatic N) is 4. The Bertz CT molecular complexity index is 1280. The Kier molecular flexibility index (Phi) is 5.15. The van der Waals surface area contributed by atoms with E-state index in [1.54, 1.807) is 18.2 Å². The summed E-state index contributed by atoms with van der Waals surface area (Å²) in [6.45, 7) is 1.42. The van der Waals surface area contributed by atoms with Crippen molar-refractivity contribution < 1.29 is 13.3 Å². The second-order valence-electron chi connectivity index (χ2n) is 5.90. The molecule has 1 heterocycles. The Hall–Kier alpha value is -3.62. The molecule has 0 aliphatic carbocycles. The molecule has 0 amide bonds. The number of nitro benzene ring substituents is 1. The quantitative estimate of drug-likeness (QED) is 0.463. The summed E-state index contributed by atoms with van der Waals surface area (Å²) in [5.74, 6) is 0.0353. The Labute approximate surface area is 170 Å². The molecule has 2 aromatic carbocycles. The van der Waals surface area contributed by atoms with Crippen LogP contribution in [-0.4, -0.2) is 23.1 Å². The number of nitrogens with one attached hydrogen (secondary N) is 1. The number of nitriles is 1. The van der Waals surface area contributed by atoms with Crippen LogP contribution in [0.4, 0.5) is 17.2 Å². The third-order valence-corrected chi connectivity index (χ3v) is 5.84. The van der Waals surface area contributed by atoms with Crippen LogP contribution in [0.3, 0.4) is 0 Å². The molecule has 0 unspecified atom stereocenters. The molecular formula is C17H13ClN6O4S. The summed E-state index contributed by atoms with van der Waals surface area (Å²) in [6, 6.07) is 10.2. The predicted molar refractivity (Wildman–Crippen MR) is 106 cm³/mol. The van der Waals surface area contributed by atoms with Crippen molar-refractivity contribution in [2.45, 2.75) is 11.8 Å². The van der Waals surface area contributed by atoms with Gasteiger partial charge in [0, 0.05) is 11.6 Å². The molecule has 0 aliphatic heterocycles. The van der Waals surface area contributed by atoms with Crippen molar-refractivity contribution in [3.63, 3.8) is 0 Å². The monoisotopic (exact) mass is 432 g/mol. The number of halogens is 1. The van der Waals surface area contributed by atoms with E-state index >= 15 is 0 Å². The molecule has 0 atom stereocenters. The Morgan fingerprint density at radius 2 is 2.03 bits per heavy atom. The summed E-state index contributed by atoms with van der Waals surface area (Å²) in [5.41, 5.74) is 6.13. The van der Waals surface area contributed by atoms with Gasteiger partial charge in [-0.25, -0.2) is 13.1 Å². The zero-order valence-electron chi connectivity index (χ0n) is 14.8. The van der Waals surface area contributed by atoms with Gasteiger partial charge in [-0.05, 0) is 25.1 Å². The minimum absolute atomic E-state index is 0.0353. The van der Waals surface area contributed by atoms with Gasteiger partial charge in [0.05, 0.1) is 32.4 Å². The van der Waals surface area contributed by atoms with Crippen molar-refractivity contribution in [3.8, 4) is 11.8 Å². The summed E-state index contributed by atoms with van der Waals surface area (Å²) in [7, 11) is -4.24. The van der Waals surface area contributed by atoms with Crippen LogP contribution in [0.5, 0.6) is 0 Å². The molecule has 29 heavy (non-hydrogen) atoms. The van der Waals surface area contributed by atoms with E-state index < -0.39 is 20.6 Å². The van der Waals surface area contributed by atoms with Gasteiger partial charge >= 0.3 is 0 Å². The van der Waals surface area contributed by atoms with E-state index in [2.05, 4.69) is 9.82 Å². The van der Waals surface area contributed by atoms with Gasteiger partial charge in [0.2, 0.25) is 0 Å². The van der Waals surface area contributed by atoms with Gasteiger partial charge in [0.1, 0.15) is 17.5 Å². The number of hydrogen-bond acceptors (Lipinski definition) is 7. The van der Waals surface area contributed by atoms with E-state index in [1.807, 2.05) is 6.07 Å². The molecule has 3 rings (SSSR count). The fraction of sp³-hybridized carbons (Fsp3) is 0.0588. The average Bonchev–Trinajstić information content (AvgIpc) is 3.04. The van der Waals surface area contributed by atoms with Crippen molar-refractivity contribution in [1.29, 1.82) is 5.26 Å². The SMILES string of the molecule is Cc1c(Cl)cc(S(=O)(=O)Nc2ccccc2-n2ncc(C#N)c2N)cc1[N+](=O)[O-]. The van der Waals surface area contributed by atoms with Crippen molar-refractivity contribution in [2.24, 2.45) is 0 Å². The van der Waals surface area contributed by atoms with Gasteiger partial charge in [-0.15, -0.1) is 0 Å². The van der Waals surface area contributed by atoms with Crippen LogP contribution in [0.2, 0.25) is 5.02 Å². The highest BCUT2D eigenvalue weighted by Crippen LogP contribution is 2.31. The Morgan fingerprint density at radius 3 is 2.66 bits per heavy atom. The summed E-state index contributed by atoms with van der Waals surface area (Å²) < 4.78 is 29.3. The van der Waals surface area contributed by atoms with Gasteiger partial charge in [0.15, 0.2) is 0 Å². The smallest absolute Gasteiger partial charge is 0.275 e. The van der Waals surface area contributed by atoms with E-state index in [0.29, 0.717) is 0 Å². The lowest BCUT2D eigenvalue weighted by Crippen LogP contribution is -2.16. The number of nitrogen functional groups attached to an aromatic ring is 1. The normalized spacial score (nSPS) is 11.1. The molecule has 0 saturated heterocycles. The van der Waals surface area contributed by atoms with E-state index in [9.17, 15) is 18.5 Å². The average molecular weight is 433 g/mol. The fourth-order valence-corrected chi connectivity index (χ4v) is 3.97. The van der Waals surface area contributed by atoms with Gasteiger partial charge < -0.3 is 5.73 Å². The molecule has 0 spiro atoms. The summed E-state index contributed by atoms with van der Waals surface area (Å²) in [5, 5.41) is 24.2. The van der Waals surface area contributed by atoms with Crippen LogP contribution >= 0.6 is 11.6 Å². The molecule has 0 bridgehead atoms. The third kappa shape index (κ3) is 3.71. The number of nitrogens with two attached hydrogens (primary N) is 1. The van der Waals surface area contributed by atoms with Gasteiger partial charge in [-0.3, -0.25) is 14.8 Å². The first-order chi connectivity index (χ1) is 13.7. The first kappa shape index (κ1) is 20.1. The van der Waals surface area contributed by atoms with E-state index in [4.69, 9.17) is 22.6 Å². The highest BCUT2D eigenvalue weighted by atomic mass is 35.5. The second-order valence-corrected chi connectivity index (χ2v) is 7.99. The minimum Gasteiger partial charge on any atom is -0.382 e. The lowest BCUT2D eigenvalue weighted by atomic mass is 10.2. The number of aromatic nitrogens is 2. The first-order valence-electron chi connectivity index (χ1n) is 7.96. The van der Waals surface area contributed by atoms with Crippen molar-refractivity contribution in [2.75, 3.05) is 10.5 Å². The number of para-hydroxylation sites is 2. The zero-order chi connectivity index (χ0) is 21.3. The van der Waals surface area contributed by atoms with Crippen LogP contribution in [0.15, 0.2) is 47.5 Å². The molecule has 12 heteroatoms. The highest BCUT2D eigenvalue weighted by Gasteiger charge is 2.24. The van der Waals surface area contributed by atoms with Crippen LogP contribution in [-0.2, 0) is 10.0 Å². The lowest BCUT2D eigenvalue weighted by molar-refractivity contribution is -0.385. The molecule has 0 fully saturated rings. The highest BCUT2D eigenvalue weighted by molar-refractivity contribution is 7.92. The summed E-state index contributed by atoms with van der Waals surface area (Å²) in [6.07, 6.45) is 1.25. The zero-order valence-corrected chi connectivity index (χ0v) is 16.4. The van der Waals surface area contributed by atoms with Crippen molar-refractivity contribution >= 4 is 38.8 Å². The van der Waals surface area contributed by atoms with Crippen LogP contribution in [0, 0.1) is 28.4 Å². The Balaban J connectivity index is 2.09. The van der Waals surface area contributed by atoms with E-state index in [-0.39, 0.29) is 38.2 Å².